The van der Waals surface area contributed by atoms with E-state index in [-0.39, 0.29) is 23.6 Å². The van der Waals surface area contributed by atoms with Crippen molar-refractivity contribution in [3.63, 3.8) is 0 Å². The Morgan fingerprint density at radius 2 is 1.92 bits per heavy atom. The number of benzene rings is 1. The average molecular weight is 366 g/mol. The summed E-state index contributed by atoms with van der Waals surface area (Å²) in [6.07, 6.45) is 4.63. The molecule has 144 valence electrons. The second kappa shape index (κ2) is 9.86. The van der Waals surface area contributed by atoms with Crippen LogP contribution in [0.15, 0.2) is 29.8 Å². The number of nitrogens with zero attached hydrogens (tertiary/aromatic N) is 2. The molecular weight excluding hydrogens is 340 g/mol. The molecule has 0 aromatic heterocycles. The van der Waals surface area contributed by atoms with E-state index < -0.39 is 15.5 Å². The van der Waals surface area contributed by atoms with Crippen molar-refractivity contribution in [2.24, 2.45) is 0 Å². The zero-order valence-electron chi connectivity index (χ0n) is 15.7. The molecule has 0 aliphatic rings. The fourth-order valence-electron chi connectivity index (χ4n) is 2.52. The highest BCUT2D eigenvalue weighted by molar-refractivity contribution is 5.53. The molecule has 1 aromatic carbocycles. The topological polar surface area (TPSA) is 105 Å². The highest BCUT2D eigenvalue weighted by Crippen LogP contribution is 2.31. The van der Waals surface area contributed by atoms with E-state index in [2.05, 4.69) is 13.8 Å². The highest BCUT2D eigenvalue weighted by atomic mass is 16.6. The Morgan fingerprint density at radius 3 is 2.50 bits per heavy atom. The van der Waals surface area contributed by atoms with Gasteiger partial charge in [0.15, 0.2) is 5.75 Å². The van der Waals surface area contributed by atoms with Gasteiger partial charge in [0.25, 0.3) is 5.69 Å². The summed E-state index contributed by atoms with van der Waals surface area (Å²) in [5.74, 6) is 0.0159. The van der Waals surface area contributed by atoms with E-state index in [4.69, 9.17) is 9.47 Å². The van der Waals surface area contributed by atoms with E-state index in [1.165, 1.54) is 12.1 Å². The standard InChI is InChI=1S/C18H26N2O6/c1-5-26-18(3,4)11-6-7-14(2)10-12-25-17-9-8-15(19(21)22)13-16(17)20(23)24/h8-10,13H,5-7,11-12H2,1-4H3. The van der Waals surface area contributed by atoms with Crippen molar-refractivity contribution >= 4 is 11.4 Å². The zero-order valence-corrected chi connectivity index (χ0v) is 15.7. The number of rotatable bonds is 11. The van der Waals surface area contributed by atoms with Gasteiger partial charge in [-0.05, 0) is 59.1 Å². The maximum atomic E-state index is 11.1. The molecule has 1 aromatic rings. The first-order valence-electron chi connectivity index (χ1n) is 8.51. The van der Waals surface area contributed by atoms with Gasteiger partial charge < -0.3 is 9.47 Å². The number of hydrogen-bond acceptors (Lipinski definition) is 6. The third kappa shape index (κ3) is 7.18. The van der Waals surface area contributed by atoms with E-state index >= 15 is 0 Å². The summed E-state index contributed by atoms with van der Waals surface area (Å²) in [5, 5.41) is 21.8. The van der Waals surface area contributed by atoms with E-state index in [1.807, 2.05) is 19.9 Å². The maximum Gasteiger partial charge on any atom is 0.317 e. The monoisotopic (exact) mass is 366 g/mol. The van der Waals surface area contributed by atoms with Crippen LogP contribution in [0.4, 0.5) is 11.4 Å². The Bertz CT molecular complexity index is 670. The van der Waals surface area contributed by atoms with Crippen LogP contribution in [0.1, 0.15) is 47.0 Å². The van der Waals surface area contributed by atoms with Gasteiger partial charge in [-0.15, -0.1) is 0 Å². The second-order valence-electron chi connectivity index (χ2n) is 6.57. The molecule has 1 rings (SSSR count). The molecule has 26 heavy (non-hydrogen) atoms. The Balaban J connectivity index is 2.59. The van der Waals surface area contributed by atoms with Gasteiger partial charge in [-0.25, -0.2) is 0 Å². The summed E-state index contributed by atoms with van der Waals surface area (Å²) in [5.41, 5.74) is 0.212. The molecule has 0 heterocycles. The molecule has 8 nitrogen and oxygen atoms in total. The van der Waals surface area contributed by atoms with Crippen LogP contribution in [0.5, 0.6) is 5.75 Å². The summed E-state index contributed by atoms with van der Waals surface area (Å²) < 4.78 is 11.1. The van der Waals surface area contributed by atoms with Crippen LogP contribution in [0.3, 0.4) is 0 Å². The van der Waals surface area contributed by atoms with E-state index in [0.717, 1.165) is 30.9 Å². The van der Waals surface area contributed by atoms with E-state index in [9.17, 15) is 20.2 Å². The van der Waals surface area contributed by atoms with E-state index in [1.54, 1.807) is 0 Å². The minimum Gasteiger partial charge on any atom is -0.483 e. The Morgan fingerprint density at radius 1 is 1.23 bits per heavy atom. The highest BCUT2D eigenvalue weighted by Gasteiger charge is 2.20. The van der Waals surface area contributed by atoms with Gasteiger partial charge >= 0.3 is 5.69 Å². The lowest BCUT2D eigenvalue weighted by molar-refractivity contribution is -0.394. The number of ether oxygens (including phenoxy) is 2. The van der Waals surface area contributed by atoms with E-state index in [0.29, 0.717) is 6.61 Å². The SMILES string of the molecule is CCOC(C)(C)CCCC(C)=CCOc1ccc([N+](=O)[O-])cc1[N+](=O)[O-]. The van der Waals surface area contributed by atoms with Crippen molar-refractivity contribution < 1.29 is 19.3 Å². The fourth-order valence-corrected chi connectivity index (χ4v) is 2.52. The van der Waals surface area contributed by atoms with Gasteiger partial charge in [0.1, 0.15) is 6.61 Å². The first-order valence-corrected chi connectivity index (χ1v) is 8.51. The molecule has 0 saturated carbocycles. The lowest BCUT2D eigenvalue weighted by Gasteiger charge is -2.24. The normalized spacial score (nSPS) is 12.1. The molecule has 0 fully saturated rings. The van der Waals surface area contributed by atoms with Crippen molar-refractivity contribution in [3.8, 4) is 5.75 Å². The number of hydrogen-bond donors (Lipinski definition) is 0. The van der Waals surface area contributed by atoms with Crippen LogP contribution in [0.2, 0.25) is 0 Å². The molecule has 0 bridgehead atoms. The average Bonchev–Trinajstić information content (AvgIpc) is 2.54. The number of non-ortho nitro benzene ring substituents is 1. The molecule has 0 amide bonds. The van der Waals surface area contributed by atoms with Crippen LogP contribution >= 0.6 is 0 Å². The van der Waals surface area contributed by atoms with Crippen molar-refractivity contribution in [1.82, 2.24) is 0 Å². The van der Waals surface area contributed by atoms with Gasteiger partial charge in [-0.2, -0.15) is 0 Å². The summed E-state index contributed by atoms with van der Waals surface area (Å²) in [6.45, 7) is 8.92. The molecule has 0 radical (unpaired) electrons. The minimum absolute atomic E-state index is 0.0159. The van der Waals surface area contributed by atoms with Gasteiger partial charge in [0.2, 0.25) is 0 Å². The smallest absolute Gasteiger partial charge is 0.317 e. The maximum absolute atomic E-state index is 11.1. The molecule has 8 heteroatoms. The summed E-state index contributed by atoms with van der Waals surface area (Å²) in [4.78, 5) is 20.4. The largest absolute Gasteiger partial charge is 0.483 e. The third-order valence-corrected chi connectivity index (χ3v) is 3.91. The first kappa shape index (κ1) is 21.6. The predicted molar refractivity (Wildman–Crippen MR) is 98.6 cm³/mol. The molecular formula is C18H26N2O6. The lowest BCUT2D eigenvalue weighted by atomic mass is 9.99. The first-order chi connectivity index (χ1) is 12.2. The molecule has 0 saturated heterocycles. The van der Waals surface area contributed by atoms with Gasteiger partial charge in [-0.1, -0.05) is 5.57 Å². The van der Waals surface area contributed by atoms with Gasteiger partial charge in [0.05, 0.1) is 21.5 Å². The van der Waals surface area contributed by atoms with Crippen molar-refractivity contribution in [1.29, 1.82) is 0 Å². The predicted octanol–water partition coefficient (Wildman–Crippen LogP) is 4.81. The summed E-state index contributed by atoms with van der Waals surface area (Å²) in [7, 11) is 0. The molecule has 0 N–H and O–H groups in total. The van der Waals surface area contributed by atoms with Gasteiger partial charge in [-0.3, -0.25) is 20.2 Å². The Labute approximate surface area is 153 Å². The molecule has 0 aliphatic heterocycles. The molecule has 0 spiro atoms. The van der Waals surface area contributed by atoms with Crippen LogP contribution in [-0.4, -0.2) is 28.7 Å². The second-order valence-corrected chi connectivity index (χ2v) is 6.57. The number of nitro groups is 2. The molecule has 0 atom stereocenters. The fraction of sp³-hybridized carbons (Fsp3) is 0.556. The van der Waals surface area contributed by atoms with Gasteiger partial charge in [0, 0.05) is 12.7 Å². The van der Waals surface area contributed by atoms with Crippen molar-refractivity contribution in [3.05, 3.63) is 50.1 Å². The van der Waals surface area contributed by atoms with Crippen molar-refractivity contribution in [2.45, 2.75) is 52.6 Å². The minimum atomic E-state index is -0.686. The quantitative estimate of drug-likeness (QED) is 0.316. The molecule has 0 unspecified atom stereocenters. The lowest BCUT2D eigenvalue weighted by Crippen LogP contribution is -2.24. The molecule has 0 aliphatic carbocycles. The number of allylic oxidation sites excluding steroid dienone is 1. The summed E-state index contributed by atoms with van der Waals surface area (Å²) >= 11 is 0. The van der Waals surface area contributed by atoms with Crippen LogP contribution in [0, 0.1) is 20.2 Å². The zero-order chi connectivity index (χ0) is 19.7. The van der Waals surface area contributed by atoms with Crippen LogP contribution in [0.25, 0.3) is 0 Å². The van der Waals surface area contributed by atoms with Crippen molar-refractivity contribution in [2.75, 3.05) is 13.2 Å². The number of nitro benzene ring substituents is 2. The Kier molecular flexibility index (Phi) is 8.18. The summed E-state index contributed by atoms with van der Waals surface area (Å²) in [6, 6.07) is 3.35. The van der Waals surface area contributed by atoms with Crippen LogP contribution < -0.4 is 4.74 Å². The third-order valence-electron chi connectivity index (χ3n) is 3.91. The van der Waals surface area contributed by atoms with Crippen LogP contribution in [-0.2, 0) is 4.74 Å². The Hall–Kier alpha value is -2.48.